The number of carbonyl (C=O) groups excluding carboxylic acids is 1. The third kappa shape index (κ3) is 5.85. The van der Waals surface area contributed by atoms with Crippen LogP contribution in [-0.2, 0) is 11.0 Å². The summed E-state index contributed by atoms with van der Waals surface area (Å²) in [4.78, 5) is 41.6. The van der Waals surface area contributed by atoms with Gasteiger partial charge in [0.25, 0.3) is 5.56 Å². The Bertz CT molecular complexity index is 2320. The lowest BCUT2D eigenvalue weighted by molar-refractivity contribution is -0.138. The molecule has 8 nitrogen and oxygen atoms in total. The summed E-state index contributed by atoms with van der Waals surface area (Å²) in [6.45, 7) is 3.04. The fourth-order valence-electron chi connectivity index (χ4n) is 7.42. The van der Waals surface area contributed by atoms with Crippen molar-refractivity contribution in [3.63, 3.8) is 0 Å². The highest BCUT2D eigenvalue weighted by Gasteiger charge is 2.37. The average molecular weight is 677 g/mol. The number of carbonyl (C=O) groups is 1. The lowest BCUT2D eigenvalue weighted by Gasteiger charge is -2.39. The minimum atomic E-state index is -4.68. The van der Waals surface area contributed by atoms with Crippen LogP contribution in [0.15, 0.2) is 96.1 Å². The van der Waals surface area contributed by atoms with E-state index in [0.29, 0.717) is 34.9 Å². The molecular weight excluding hydrogens is 641 g/mol. The highest BCUT2D eigenvalue weighted by atomic mass is 19.4. The molecule has 2 aliphatic rings. The van der Waals surface area contributed by atoms with Crippen molar-refractivity contribution in [2.75, 3.05) is 51.2 Å². The molecule has 0 saturated carbocycles. The number of pyridine rings is 3. The first-order chi connectivity index (χ1) is 24.1. The molecular formula is C39H35F3N6O2. The molecule has 11 heteroatoms. The van der Waals surface area contributed by atoms with Crippen LogP contribution < -0.4 is 10.5 Å². The Morgan fingerprint density at radius 2 is 1.52 bits per heavy atom. The molecule has 2 aliphatic heterocycles. The van der Waals surface area contributed by atoms with E-state index < -0.39 is 17.3 Å². The molecule has 3 aromatic heterocycles. The smallest absolute Gasteiger partial charge is 0.367 e. The van der Waals surface area contributed by atoms with Gasteiger partial charge >= 0.3 is 6.18 Å². The number of piperidine rings is 1. The Morgan fingerprint density at radius 3 is 2.30 bits per heavy atom. The summed E-state index contributed by atoms with van der Waals surface area (Å²) < 4.78 is 45.7. The third-order valence-electron chi connectivity index (χ3n) is 10.2. The third-order valence-corrected chi connectivity index (χ3v) is 10.2. The number of amides is 1. The zero-order chi connectivity index (χ0) is 34.6. The van der Waals surface area contributed by atoms with E-state index in [0.717, 1.165) is 54.0 Å². The first-order valence-corrected chi connectivity index (χ1v) is 16.9. The SMILES string of the molecule is CN1CCC(C(=O)N2CCN(c3ccc(-n4c(=O)ccc5cnc6ccc(-c7cnc8ccccc8c7)cc6c54)cc3C(F)(F)F)CC2)CC1. The molecule has 0 radical (unpaired) electrons. The molecule has 2 fully saturated rings. The number of piperazine rings is 1. The van der Waals surface area contributed by atoms with Crippen molar-refractivity contribution in [3.05, 3.63) is 107 Å². The van der Waals surface area contributed by atoms with Gasteiger partial charge in [0.1, 0.15) is 0 Å². The zero-order valence-electron chi connectivity index (χ0n) is 27.5. The second-order valence-corrected chi connectivity index (χ2v) is 13.3. The summed E-state index contributed by atoms with van der Waals surface area (Å²) >= 11 is 0. The number of hydrogen-bond donors (Lipinski definition) is 0. The molecule has 0 spiro atoms. The van der Waals surface area contributed by atoms with Crippen LogP contribution >= 0.6 is 0 Å². The number of rotatable bonds is 4. The minimum Gasteiger partial charge on any atom is -0.367 e. The van der Waals surface area contributed by atoms with Crippen LogP contribution in [0.4, 0.5) is 18.9 Å². The second-order valence-electron chi connectivity index (χ2n) is 13.3. The number of para-hydroxylation sites is 1. The van der Waals surface area contributed by atoms with Gasteiger partial charge < -0.3 is 14.7 Å². The molecule has 0 bridgehead atoms. The first kappa shape index (κ1) is 31.9. The van der Waals surface area contributed by atoms with Crippen molar-refractivity contribution in [2.45, 2.75) is 19.0 Å². The number of hydrogen-bond acceptors (Lipinski definition) is 6. The Labute approximate surface area is 286 Å². The van der Waals surface area contributed by atoms with Crippen LogP contribution in [0.5, 0.6) is 0 Å². The Morgan fingerprint density at radius 1 is 0.760 bits per heavy atom. The van der Waals surface area contributed by atoms with Gasteiger partial charge in [-0.05, 0) is 87.1 Å². The number of fused-ring (bicyclic) bond motifs is 4. The molecule has 0 N–H and O–H groups in total. The number of aromatic nitrogens is 3. The summed E-state index contributed by atoms with van der Waals surface area (Å²) in [5, 5.41) is 2.23. The molecule has 6 aromatic rings. The standard InChI is InChI=1S/C39H35F3N6O2/c1-45-14-12-25(13-15-45)38(50)47-18-16-46(17-19-47)35-10-8-30(22-32(35)39(40,41)42)48-36(49)11-7-28-23-44-34-9-6-26(21-31(34)37(28)48)29-20-27-4-2-3-5-33(27)43-24-29/h2-11,20-25H,12-19H2,1H3. The van der Waals surface area contributed by atoms with Crippen molar-refractivity contribution < 1.29 is 18.0 Å². The molecule has 0 unspecified atom stereocenters. The maximum absolute atomic E-state index is 14.8. The van der Waals surface area contributed by atoms with E-state index in [4.69, 9.17) is 0 Å². The summed E-state index contributed by atoms with van der Waals surface area (Å²) in [6.07, 6.45) is 0.344. The summed E-state index contributed by atoms with van der Waals surface area (Å²) in [5.41, 5.74) is 2.52. The van der Waals surface area contributed by atoms with Crippen molar-refractivity contribution >= 4 is 44.3 Å². The maximum atomic E-state index is 14.8. The first-order valence-electron chi connectivity index (χ1n) is 16.9. The van der Waals surface area contributed by atoms with Gasteiger partial charge in [0, 0.05) is 78.0 Å². The number of nitrogens with zero attached hydrogens (tertiary/aromatic N) is 6. The second kappa shape index (κ2) is 12.5. The Kier molecular flexibility index (Phi) is 8.02. The van der Waals surface area contributed by atoms with Gasteiger partial charge in [-0.3, -0.25) is 24.1 Å². The highest BCUT2D eigenvalue weighted by molar-refractivity contribution is 6.05. The van der Waals surface area contributed by atoms with Gasteiger partial charge in [0.2, 0.25) is 5.91 Å². The van der Waals surface area contributed by atoms with Gasteiger partial charge in [-0.25, -0.2) is 0 Å². The normalized spacial score (nSPS) is 16.5. The summed E-state index contributed by atoms with van der Waals surface area (Å²) in [7, 11) is 2.04. The van der Waals surface area contributed by atoms with Gasteiger partial charge in [0.05, 0.1) is 27.8 Å². The number of alkyl halides is 3. The van der Waals surface area contributed by atoms with Crippen molar-refractivity contribution in [1.29, 1.82) is 0 Å². The molecule has 2 saturated heterocycles. The predicted molar refractivity (Wildman–Crippen MR) is 190 cm³/mol. The van der Waals surface area contributed by atoms with Gasteiger partial charge in [-0.1, -0.05) is 24.3 Å². The average Bonchev–Trinajstić information content (AvgIpc) is 3.14. The lowest BCUT2D eigenvalue weighted by atomic mass is 9.95. The molecule has 50 heavy (non-hydrogen) atoms. The quantitative estimate of drug-likeness (QED) is 0.192. The number of anilines is 1. The van der Waals surface area contributed by atoms with E-state index in [1.165, 1.54) is 16.7 Å². The van der Waals surface area contributed by atoms with Crippen LogP contribution in [0.2, 0.25) is 0 Å². The lowest BCUT2D eigenvalue weighted by Crippen LogP contribution is -2.51. The van der Waals surface area contributed by atoms with E-state index in [1.807, 2.05) is 55.6 Å². The number of likely N-dealkylation sites (tertiary alicyclic amines) is 1. The van der Waals surface area contributed by atoms with E-state index in [-0.39, 0.29) is 36.3 Å². The highest BCUT2D eigenvalue weighted by Crippen LogP contribution is 2.39. The van der Waals surface area contributed by atoms with Crippen LogP contribution in [0.3, 0.4) is 0 Å². The number of benzene rings is 3. The summed E-state index contributed by atoms with van der Waals surface area (Å²) in [6, 6.07) is 22.6. The fraction of sp³-hybridized carbons (Fsp3) is 0.282. The fourth-order valence-corrected chi connectivity index (χ4v) is 7.42. The minimum absolute atomic E-state index is 0.0339. The molecule has 0 aliphatic carbocycles. The molecule has 8 rings (SSSR count). The molecule has 1 amide bonds. The zero-order valence-corrected chi connectivity index (χ0v) is 27.5. The van der Waals surface area contributed by atoms with Crippen molar-refractivity contribution in [3.8, 4) is 16.8 Å². The predicted octanol–water partition coefficient (Wildman–Crippen LogP) is 6.76. The Balaban J connectivity index is 1.17. The topological polar surface area (TPSA) is 74.6 Å². The van der Waals surface area contributed by atoms with Gasteiger partial charge in [-0.2, -0.15) is 13.2 Å². The number of halogens is 3. The van der Waals surface area contributed by atoms with Crippen molar-refractivity contribution in [2.24, 2.45) is 5.92 Å². The van der Waals surface area contributed by atoms with Crippen LogP contribution in [0.1, 0.15) is 18.4 Å². The molecule has 5 heterocycles. The van der Waals surface area contributed by atoms with Crippen LogP contribution in [0.25, 0.3) is 49.5 Å². The van der Waals surface area contributed by atoms with Gasteiger partial charge in [-0.15, -0.1) is 0 Å². The summed E-state index contributed by atoms with van der Waals surface area (Å²) in [5.74, 6) is 0.0644. The van der Waals surface area contributed by atoms with Gasteiger partial charge in [0.15, 0.2) is 0 Å². The molecule has 0 atom stereocenters. The molecule has 3 aromatic carbocycles. The maximum Gasteiger partial charge on any atom is 0.418 e. The Hall–Kier alpha value is -5.29. The monoisotopic (exact) mass is 676 g/mol. The van der Waals surface area contributed by atoms with E-state index >= 15 is 0 Å². The van der Waals surface area contributed by atoms with Crippen molar-refractivity contribution in [1.82, 2.24) is 24.3 Å². The van der Waals surface area contributed by atoms with Crippen LogP contribution in [0, 0.1) is 5.92 Å². The molecule has 254 valence electrons. The van der Waals surface area contributed by atoms with E-state index in [2.05, 4.69) is 14.9 Å². The van der Waals surface area contributed by atoms with E-state index in [9.17, 15) is 22.8 Å². The largest absolute Gasteiger partial charge is 0.418 e. The van der Waals surface area contributed by atoms with Crippen LogP contribution in [-0.4, -0.2) is 76.6 Å². The van der Waals surface area contributed by atoms with E-state index in [1.54, 1.807) is 34.3 Å².